The molecule has 1 saturated heterocycles. The van der Waals surface area contributed by atoms with Gasteiger partial charge < -0.3 is 5.32 Å². The van der Waals surface area contributed by atoms with E-state index < -0.39 is 0 Å². The molecule has 0 aromatic heterocycles. The van der Waals surface area contributed by atoms with E-state index in [1.165, 1.54) is 18.6 Å². The summed E-state index contributed by atoms with van der Waals surface area (Å²) in [5.41, 5.74) is 1.73. The van der Waals surface area contributed by atoms with Crippen LogP contribution in [-0.4, -0.2) is 17.5 Å². The molecule has 1 fully saturated rings. The summed E-state index contributed by atoms with van der Waals surface area (Å²) >= 11 is 5.42. The molecule has 0 bridgehead atoms. The van der Waals surface area contributed by atoms with E-state index in [9.17, 15) is 0 Å². The second kappa shape index (κ2) is 5.60. The third kappa shape index (κ3) is 3.16. The van der Waals surface area contributed by atoms with Gasteiger partial charge in [-0.25, -0.2) is 0 Å². The molecule has 0 amide bonds. The van der Waals surface area contributed by atoms with Crippen LogP contribution >= 0.6 is 27.7 Å². The van der Waals surface area contributed by atoms with Crippen LogP contribution in [0.25, 0.3) is 0 Å². The number of nitrogens with one attached hydrogen (secondary N) is 1. The lowest BCUT2D eigenvalue weighted by atomic mass is 10.1. The second-order valence-electron chi connectivity index (χ2n) is 3.90. The van der Waals surface area contributed by atoms with Crippen molar-refractivity contribution in [1.29, 1.82) is 5.26 Å². The maximum atomic E-state index is 8.89. The number of halogens is 1. The number of rotatable bonds is 2. The highest BCUT2D eigenvalue weighted by molar-refractivity contribution is 9.10. The molecule has 0 radical (unpaired) electrons. The third-order valence-corrected chi connectivity index (χ3v) is 4.23. The topological polar surface area (TPSA) is 35.8 Å². The van der Waals surface area contributed by atoms with E-state index in [0.29, 0.717) is 11.6 Å². The number of nitrogens with zero attached hydrogens (tertiary/aromatic N) is 1. The van der Waals surface area contributed by atoms with Crippen molar-refractivity contribution in [2.24, 2.45) is 0 Å². The van der Waals surface area contributed by atoms with Crippen LogP contribution in [-0.2, 0) is 0 Å². The summed E-state index contributed by atoms with van der Waals surface area (Å²) in [6.07, 6.45) is 2.50. The Morgan fingerprint density at radius 2 is 2.31 bits per heavy atom. The Balaban J connectivity index is 2.08. The van der Waals surface area contributed by atoms with Crippen LogP contribution in [0.5, 0.6) is 0 Å². The Morgan fingerprint density at radius 3 is 3.00 bits per heavy atom. The molecule has 16 heavy (non-hydrogen) atoms. The molecule has 0 spiro atoms. The van der Waals surface area contributed by atoms with Gasteiger partial charge in [0.05, 0.1) is 11.6 Å². The molecule has 4 heteroatoms. The maximum Gasteiger partial charge on any atom is 0.0992 e. The highest BCUT2D eigenvalue weighted by Crippen LogP contribution is 2.24. The molecule has 1 atom stereocenters. The van der Waals surface area contributed by atoms with Crippen LogP contribution in [0, 0.1) is 11.3 Å². The van der Waals surface area contributed by atoms with Crippen LogP contribution in [0.4, 0.5) is 5.69 Å². The van der Waals surface area contributed by atoms with Crippen molar-refractivity contribution in [2.45, 2.75) is 18.9 Å². The van der Waals surface area contributed by atoms with Gasteiger partial charge in [-0.2, -0.15) is 17.0 Å². The summed E-state index contributed by atoms with van der Waals surface area (Å²) in [5.74, 6) is 2.44. The van der Waals surface area contributed by atoms with Gasteiger partial charge in [-0.1, -0.05) is 15.9 Å². The summed E-state index contributed by atoms with van der Waals surface area (Å²) in [7, 11) is 0. The van der Waals surface area contributed by atoms with Crippen LogP contribution in [0.2, 0.25) is 0 Å². The minimum atomic E-state index is 0.541. The van der Waals surface area contributed by atoms with Crippen molar-refractivity contribution < 1.29 is 0 Å². The lowest BCUT2D eigenvalue weighted by Crippen LogP contribution is -2.25. The van der Waals surface area contributed by atoms with E-state index in [0.717, 1.165) is 15.9 Å². The van der Waals surface area contributed by atoms with E-state index in [-0.39, 0.29) is 0 Å². The van der Waals surface area contributed by atoms with Crippen LogP contribution in [0.3, 0.4) is 0 Å². The molecule has 1 aliphatic heterocycles. The summed E-state index contributed by atoms with van der Waals surface area (Å²) in [6, 6.07) is 8.48. The van der Waals surface area contributed by atoms with Gasteiger partial charge >= 0.3 is 0 Å². The van der Waals surface area contributed by atoms with Gasteiger partial charge in [-0.15, -0.1) is 0 Å². The molecule has 1 aliphatic rings. The van der Waals surface area contributed by atoms with Gasteiger partial charge in [0.15, 0.2) is 0 Å². The van der Waals surface area contributed by atoms with E-state index in [1.807, 2.05) is 30.0 Å². The number of hydrogen-bond acceptors (Lipinski definition) is 3. The van der Waals surface area contributed by atoms with Crippen molar-refractivity contribution in [3.63, 3.8) is 0 Å². The molecule has 0 saturated carbocycles. The highest BCUT2D eigenvalue weighted by atomic mass is 79.9. The molecule has 1 aromatic carbocycles. The smallest absolute Gasteiger partial charge is 0.0992 e. The van der Waals surface area contributed by atoms with E-state index in [2.05, 4.69) is 27.3 Å². The lowest BCUT2D eigenvalue weighted by Gasteiger charge is -2.23. The Morgan fingerprint density at radius 1 is 1.44 bits per heavy atom. The minimum absolute atomic E-state index is 0.541. The van der Waals surface area contributed by atoms with E-state index >= 15 is 0 Å². The highest BCUT2D eigenvalue weighted by Gasteiger charge is 2.13. The molecule has 1 N–H and O–H groups in total. The van der Waals surface area contributed by atoms with Gasteiger partial charge in [0, 0.05) is 22.0 Å². The zero-order valence-electron chi connectivity index (χ0n) is 8.87. The first kappa shape index (κ1) is 11.8. The molecular formula is C12H13BrN2S. The normalized spacial score (nSPS) is 20.1. The van der Waals surface area contributed by atoms with Gasteiger partial charge in [0.1, 0.15) is 0 Å². The molecule has 1 unspecified atom stereocenters. The Kier molecular flexibility index (Phi) is 4.14. The summed E-state index contributed by atoms with van der Waals surface area (Å²) < 4.78 is 0.956. The predicted molar refractivity (Wildman–Crippen MR) is 72.8 cm³/mol. The number of anilines is 1. The fourth-order valence-electron chi connectivity index (χ4n) is 1.83. The maximum absolute atomic E-state index is 8.89. The largest absolute Gasteiger partial charge is 0.381 e. The number of benzene rings is 1. The van der Waals surface area contributed by atoms with Gasteiger partial charge in [0.2, 0.25) is 0 Å². The molecule has 2 nitrogen and oxygen atoms in total. The summed E-state index contributed by atoms with van der Waals surface area (Å²) in [5, 5.41) is 12.4. The zero-order valence-corrected chi connectivity index (χ0v) is 11.3. The molecule has 84 valence electrons. The summed E-state index contributed by atoms with van der Waals surface area (Å²) in [6.45, 7) is 0. The van der Waals surface area contributed by atoms with Crippen LogP contribution in [0.15, 0.2) is 22.7 Å². The van der Waals surface area contributed by atoms with Crippen molar-refractivity contribution in [2.75, 3.05) is 16.8 Å². The average molecular weight is 297 g/mol. The van der Waals surface area contributed by atoms with Gasteiger partial charge in [-0.05, 0) is 36.8 Å². The monoisotopic (exact) mass is 296 g/mol. The van der Waals surface area contributed by atoms with Crippen LogP contribution in [0.1, 0.15) is 18.4 Å². The molecule has 1 aromatic rings. The minimum Gasteiger partial charge on any atom is -0.381 e. The molecular weight excluding hydrogens is 284 g/mol. The fraction of sp³-hybridized carbons (Fsp3) is 0.417. The van der Waals surface area contributed by atoms with Crippen molar-refractivity contribution in [3.05, 3.63) is 28.2 Å². The zero-order chi connectivity index (χ0) is 11.4. The first-order valence-corrected chi connectivity index (χ1v) is 7.27. The molecule has 2 rings (SSSR count). The number of thioether (sulfide) groups is 1. The van der Waals surface area contributed by atoms with E-state index in [4.69, 9.17) is 5.26 Å². The lowest BCUT2D eigenvalue weighted by molar-refractivity contribution is 0.685. The fourth-order valence-corrected chi connectivity index (χ4v) is 3.39. The standard InChI is InChI=1S/C12H13BrN2S/c13-10-4-9(7-14)5-12(6-10)15-11-2-1-3-16-8-11/h4-6,11,15H,1-3,8H2. The van der Waals surface area contributed by atoms with Gasteiger partial charge in [0.25, 0.3) is 0 Å². The van der Waals surface area contributed by atoms with Crippen LogP contribution < -0.4 is 5.32 Å². The quantitative estimate of drug-likeness (QED) is 0.905. The average Bonchev–Trinajstić information content (AvgIpc) is 2.29. The first-order chi connectivity index (χ1) is 7.78. The number of nitriles is 1. The predicted octanol–water partition coefficient (Wildman–Crippen LogP) is 3.63. The molecule has 0 aliphatic carbocycles. The first-order valence-electron chi connectivity index (χ1n) is 5.33. The van der Waals surface area contributed by atoms with Crippen molar-refractivity contribution in [1.82, 2.24) is 0 Å². The molecule has 1 heterocycles. The van der Waals surface area contributed by atoms with Crippen molar-refractivity contribution in [3.8, 4) is 6.07 Å². The van der Waals surface area contributed by atoms with Crippen molar-refractivity contribution >= 4 is 33.4 Å². The van der Waals surface area contributed by atoms with E-state index in [1.54, 1.807) is 0 Å². The Bertz CT molecular complexity index is 408. The van der Waals surface area contributed by atoms with Gasteiger partial charge in [-0.3, -0.25) is 0 Å². The SMILES string of the molecule is N#Cc1cc(Br)cc(NC2CCCSC2)c1. The summed E-state index contributed by atoms with van der Waals surface area (Å²) in [4.78, 5) is 0. The third-order valence-electron chi connectivity index (χ3n) is 2.56. The number of hydrogen-bond donors (Lipinski definition) is 1. The Hall–Kier alpha value is -0.660. The Labute approximate surface area is 109 Å². The second-order valence-corrected chi connectivity index (χ2v) is 5.96.